The van der Waals surface area contributed by atoms with E-state index in [0.717, 1.165) is 0 Å². The number of aromatic nitrogens is 2. The van der Waals surface area contributed by atoms with E-state index in [0.29, 0.717) is 26.6 Å². The van der Waals surface area contributed by atoms with Crippen LogP contribution in [-0.2, 0) is 4.79 Å². The summed E-state index contributed by atoms with van der Waals surface area (Å²) in [5, 5.41) is 3.88. The Morgan fingerprint density at radius 3 is 2.65 bits per heavy atom. The first-order valence-electron chi connectivity index (χ1n) is 5.50. The van der Waals surface area contributed by atoms with E-state index in [1.165, 1.54) is 23.9 Å². The van der Waals surface area contributed by atoms with Crippen LogP contribution in [0.3, 0.4) is 0 Å². The molecule has 0 spiro atoms. The summed E-state index contributed by atoms with van der Waals surface area (Å²) in [7, 11) is 0. The van der Waals surface area contributed by atoms with Gasteiger partial charge in [0.1, 0.15) is 0 Å². The van der Waals surface area contributed by atoms with Gasteiger partial charge < -0.3 is 11.1 Å². The van der Waals surface area contributed by atoms with Crippen molar-refractivity contribution in [2.45, 2.75) is 5.16 Å². The lowest BCUT2D eigenvalue weighted by Gasteiger charge is -2.10. The number of hydrogen-bond acceptors (Lipinski definition) is 5. The first-order valence-corrected chi connectivity index (χ1v) is 7.24. The molecular formula is C12H10Cl2N4OS. The molecule has 1 aromatic carbocycles. The van der Waals surface area contributed by atoms with Crippen LogP contribution in [0.1, 0.15) is 0 Å². The molecule has 1 heterocycles. The van der Waals surface area contributed by atoms with E-state index in [2.05, 4.69) is 15.3 Å². The highest BCUT2D eigenvalue weighted by molar-refractivity contribution is 7.99. The van der Waals surface area contributed by atoms with E-state index >= 15 is 0 Å². The standard InChI is InChI=1S/C12H10Cl2N4OS/c13-7-4-8(14)11(9(15)5-7)18-10(19)6-20-12-16-2-1-3-17-12/h1-5H,6,15H2,(H,18,19). The molecule has 0 atom stereocenters. The molecule has 0 saturated heterocycles. The Kier molecular flexibility index (Phi) is 5.05. The van der Waals surface area contributed by atoms with Gasteiger partial charge in [-0.2, -0.15) is 0 Å². The topological polar surface area (TPSA) is 80.9 Å². The minimum absolute atomic E-state index is 0.155. The second-order valence-electron chi connectivity index (χ2n) is 3.72. The Hall–Kier alpha value is -1.50. The van der Waals surface area contributed by atoms with Crippen LogP contribution in [0.25, 0.3) is 0 Å². The molecule has 0 radical (unpaired) electrons. The van der Waals surface area contributed by atoms with E-state index in [-0.39, 0.29) is 11.7 Å². The third-order valence-corrected chi connectivity index (χ3v) is 3.62. The molecule has 0 saturated carbocycles. The zero-order chi connectivity index (χ0) is 14.5. The van der Waals surface area contributed by atoms with Gasteiger partial charge in [0.05, 0.1) is 22.2 Å². The van der Waals surface area contributed by atoms with Gasteiger partial charge in [-0.1, -0.05) is 35.0 Å². The number of halogens is 2. The fourth-order valence-electron chi connectivity index (χ4n) is 1.39. The number of thioether (sulfide) groups is 1. The normalized spacial score (nSPS) is 10.3. The van der Waals surface area contributed by atoms with Crippen LogP contribution in [0.15, 0.2) is 35.7 Å². The summed E-state index contributed by atoms with van der Waals surface area (Å²) >= 11 is 13.0. The maximum atomic E-state index is 11.8. The van der Waals surface area contributed by atoms with Crippen LogP contribution in [0, 0.1) is 0 Å². The highest BCUT2D eigenvalue weighted by Crippen LogP contribution is 2.32. The molecule has 5 nitrogen and oxygen atoms in total. The molecule has 0 aliphatic heterocycles. The van der Waals surface area contributed by atoms with Gasteiger partial charge in [0.15, 0.2) is 5.16 Å². The van der Waals surface area contributed by atoms with Gasteiger partial charge in [-0.15, -0.1) is 0 Å². The van der Waals surface area contributed by atoms with Gasteiger partial charge in [-0.3, -0.25) is 4.79 Å². The van der Waals surface area contributed by atoms with E-state index < -0.39 is 0 Å². The van der Waals surface area contributed by atoms with Crippen molar-refractivity contribution in [3.05, 3.63) is 40.6 Å². The quantitative estimate of drug-likeness (QED) is 0.512. The fourth-order valence-corrected chi connectivity index (χ4v) is 2.55. The van der Waals surface area contributed by atoms with Crippen LogP contribution in [0.5, 0.6) is 0 Å². The van der Waals surface area contributed by atoms with Crippen LogP contribution in [0.2, 0.25) is 10.0 Å². The number of anilines is 2. The molecule has 1 aromatic heterocycles. The SMILES string of the molecule is Nc1cc(Cl)cc(Cl)c1NC(=O)CSc1ncccn1. The Bertz CT molecular complexity index is 601. The molecular weight excluding hydrogens is 319 g/mol. The predicted molar refractivity (Wildman–Crippen MR) is 82.3 cm³/mol. The second kappa shape index (κ2) is 6.78. The van der Waals surface area contributed by atoms with Crippen molar-refractivity contribution in [2.75, 3.05) is 16.8 Å². The third-order valence-electron chi connectivity index (χ3n) is 2.22. The van der Waals surface area contributed by atoms with E-state index in [9.17, 15) is 4.79 Å². The fraction of sp³-hybridized carbons (Fsp3) is 0.0833. The Morgan fingerprint density at radius 2 is 2.00 bits per heavy atom. The third kappa shape index (κ3) is 4.00. The molecule has 2 rings (SSSR count). The van der Waals surface area contributed by atoms with Crippen molar-refractivity contribution >= 4 is 52.2 Å². The first-order chi connectivity index (χ1) is 9.56. The largest absolute Gasteiger partial charge is 0.397 e. The predicted octanol–water partition coefficient (Wildman–Crippen LogP) is 3.10. The number of nitrogens with zero attached hydrogens (tertiary/aromatic N) is 2. The number of benzene rings is 1. The zero-order valence-corrected chi connectivity index (χ0v) is 12.5. The minimum Gasteiger partial charge on any atom is -0.397 e. The van der Waals surface area contributed by atoms with Crippen molar-refractivity contribution in [3.63, 3.8) is 0 Å². The van der Waals surface area contributed by atoms with Crippen LogP contribution in [-0.4, -0.2) is 21.6 Å². The van der Waals surface area contributed by atoms with Gasteiger partial charge in [0.2, 0.25) is 5.91 Å². The number of nitrogens with one attached hydrogen (secondary N) is 1. The summed E-state index contributed by atoms with van der Waals surface area (Å²) in [6.45, 7) is 0. The van der Waals surface area contributed by atoms with Gasteiger partial charge in [-0.05, 0) is 18.2 Å². The van der Waals surface area contributed by atoms with Gasteiger partial charge in [0.25, 0.3) is 0 Å². The van der Waals surface area contributed by atoms with Gasteiger partial charge in [0, 0.05) is 17.4 Å². The molecule has 20 heavy (non-hydrogen) atoms. The number of carbonyl (C=O) groups is 1. The molecule has 3 N–H and O–H groups in total. The Labute approximate surface area is 129 Å². The van der Waals surface area contributed by atoms with Crippen LogP contribution >= 0.6 is 35.0 Å². The molecule has 0 aliphatic rings. The maximum absolute atomic E-state index is 11.8. The minimum atomic E-state index is -0.252. The van der Waals surface area contributed by atoms with Crippen LogP contribution < -0.4 is 11.1 Å². The van der Waals surface area contributed by atoms with Crippen molar-refractivity contribution in [2.24, 2.45) is 0 Å². The van der Waals surface area contributed by atoms with E-state index in [1.54, 1.807) is 18.5 Å². The van der Waals surface area contributed by atoms with Crippen molar-refractivity contribution in [1.29, 1.82) is 0 Å². The van der Waals surface area contributed by atoms with Crippen molar-refractivity contribution in [1.82, 2.24) is 9.97 Å². The summed E-state index contributed by atoms with van der Waals surface area (Å²) in [6.07, 6.45) is 3.22. The number of amides is 1. The molecule has 2 aromatic rings. The highest BCUT2D eigenvalue weighted by atomic mass is 35.5. The van der Waals surface area contributed by atoms with E-state index in [1.807, 2.05) is 0 Å². The summed E-state index contributed by atoms with van der Waals surface area (Å²) in [5.41, 5.74) is 6.44. The average Bonchev–Trinajstić information content (AvgIpc) is 2.42. The summed E-state index contributed by atoms with van der Waals surface area (Å²) in [5.74, 6) is -0.0963. The zero-order valence-electron chi connectivity index (χ0n) is 10.1. The summed E-state index contributed by atoms with van der Waals surface area (Å²) in [4.78, 5) is 19.9. The lowest BCUT2D eigenvalue weighted by Crippen LogP contribution is -2.15. The maximum Gasteiger partial charge on any atom is 0.234 e. The lowest BCUT2D eigenvalue weighted by molar-refractivity contribution is -0.113. The second-order valence-corrected chi connectivity index (χ2v) is 5.51. The number of hydrogen-bond donors (Lipinski definition) is 2. The summed E-state index contributed by atoms with van der Waals surface area (Å²) < 4.78 is 0. The highest BCUT2D eigenvalue weighted by Gasteiger charge is 2.11. The molecule has 0 unspecified atom stereocenters. The van der Waals surface area contributed by atoms with E-state index in [4.69, 9.17) is 28.9 Å². The molecule has 0 bridgehead atoms. The van der Waals surface area contributed by atoms with Crippen molar-refractivity contribution < 1.29 is 4.79 Å². The molecule has 8 heteroatoms. The van der Waals surface area contributed by atoms with Gasteiger partial charge >= 0.3 is 0 Å². The first kappa shape index (κ1) is 14.9. The molecule has 1 amide bonds. The monoisotopic (exact) mass is 328 g/mol. The summed E-state index contributed by atoms with van der Waals surface area (Å²) in [6, 6.07) is 4.75. The van der Waals surface area contributed by atoms with Crippen molar-refractivity contribution in [3.8, 4) is 0 Å². The smallest absolute Gasteiger partial charge is 0.234 e. The average molecular weight is 329 g/mol. The number of carbonyl (C=O) groups excluding carboxylic acids is 1. The molecule has 0 fully saturated rings. The van der Waals surface area contributed by atoms with Gasteiger partial charge in [-0.25, -0.2) is 9.97 Å². The Balaban J connectivity index is 1.98. The Morgan fingerprint density at radius 1 is 1.30 bits per heavy atom. The van der Waals surface area contributed by atoms with Crippen LogP contribution in [0.4, 0.5) is 11.4 Å². The molecule has 104 valence electrons. The number of nitrogens with two attached hydrogens (primary N) is 1. The number of rotatable bonds is 4. The molecule has 0 aliphatic carbocycles. The lowest BCUT2D eigenvalue weighted by atomic mass is 10.2. The number of nitrogen functional groups attached to an aromatic ring is 1.